The molecule has 0 aromatic heterocycles. The number of carbonyl (C=O) groups excluding carboxylic acids is 1. The van der Waals surface area contributed by atoms with E-state index in [1.165, 1.54) is 24.3 Å². The normalized spacial score (nSPS) is 10.6. The number of hydrogen-bond donors (Lipinski definition) is 1. The molecule has 1 N–H and O–H groups in total. The van der Waals surface area contributed by atoms with Gasteiger partial charge in [-0.2, -0.15) is 5.10 Å². The molecule has 0 saturated carbocycles. The third kappa shape index (κ3) is 3.74. The Morgan fingerprint density at radius 2 is 1.74 bits per heavy atom. The Kier molecular flexibility index (Phi) is 4.03. The average molecular weight is 256 g/mol. The molecule has 0 aliphatic heterocycles. The average Bonchev–Trinajstić information content (AvgIpc) is 2.41. The molecule has 19 heavy (non-hydrogen) atoms. The van der Waals surface area contributed by atoms with Gasteiger partial charge in [0, 0.05) is 5.56 Å². The van der Waals surface area contributed by atoms with E-state index in [9.17, 15) is 9.18 Å². The Morgan fingerprint density at radius 1 is 1.11 bits per heavy atom. The van der Waals surface area contributed by atoms with Crippen LogP contribution >= 0.6 is 0 Å². The van der Waals surface area contributed by atoms with Crippen LogP contribution in [0.5, 0.6) is 0 Å². The molecular weight excluding hydrogens is 243 g/mol. The third-order valence-electron chi connectivity index (χ3n) is 2.56. The van der Waals surface area contributed by atoms with E-state index in [1.807, 2.05) is 31.2 Å². The molecule has 0 spiro atoms. The Bertz CT molecular complexity index is 589. The van der Waals surface area contributed by atoms with E-state index in [4.69, 9.17) is 0 Å². The van der Waals surface area contributed by atoms with Gasteiger partial charge in [-0.3, -0.25) is 4.79 Å². The first kappa shape index (κ1) is 13.0. The van der Waals surface area contributed by atoms with E-state index in [0.717, 1.165) is 11.1 Å². The van der Waals surface area contributed by atoms with Gasteiger partial charge < -0.3 is 0 Å². The number of nitrogens with one attached hydrogen (secondary N) is 1. The van der Waals surface area contributed by atoms with Crippen molar-refractivity contribution in [2.75, 3.05) is 0 Å². The van der Waals surface area contributed by atoms with Crippen LogP contribution in [0.15, 0.2) is 53.6 Å². The summed E-state index contributed by atoms with van der Waals surface area (Å²) >= 11 is 0. The Hall–Kier alpha value is -2.49. The summed E-state index contributed by atoms with van der Waals surface area (Å²) in [5.41, 5.74) is 4.81. The summed E-state index contributed by atoms with van der Waals surface area (Å²) in [5, 5.41) is 3.85. The Balaban J connectivity index is 1.96. The maximum atomic E-state index is 12.7. The van der Waals surface area contributed by atoms with Gasteiger partial charge in [-0.15, -0.1) is 0 Å². The van der Waals surface area contributed by atoms with Gasteiger partial charge in [0.1, 0.15) is 5.82 Å². The highest BCUT2D eigenvalue weighted by Gasteiger charge is 2.03. The van der Waals surface area contributed by atoms with Crippen molar-refractivity contribution in [3.63, 3.8) is 0 Å². The molecule has 0 unspecified atom stereocenters. The minimum Gasteiger partial charge on any atom is -0.267 e. The van der Waals surface area contributed by atoms with Gasteiger partial charge >= 0.3 is 0 Å². The van der Waals surface area contributed by atoms with Crippen molar-refractivity contribution >= 4 is 12.1 Å². The summed E-state index contributed by atoms with van der Waals surface area (Å²) in [6, 6.07) is 13.0. The molecule has 0 atom stereocenters. The zero-order valence-electron chi connectivity index (χ0n) is 10.4. The smallest absolute Gasteiger partial charge is 0.267 e. The molecule has 0 bridgehead atoms. The molecule has 0 radical (unpaired) electrons. The molecule has 2 aromatic rings. The van der Waals surface area contributed by atoms with Crippen molar-refractivity contribution in [2.45, 2.75) is 6.92 Å². The molecule has 0 saturated heterocycles. The quantitative estimate of drug-likeness (QED) is 0.665. The fourth-order valence-corrected chi connectivity index (χ4v) is 1.48. The minimum absolute atomic E-state index is 0.363. The maximum Gasteiger partial charge on any atom is 0.271 e. The van der Waals surface area contributed by atoms with Crippen molar-refractivity contribution in [3.8, 4) is 0 Å². The lowest BCUT2D eigenvalue weighted by Crippen LogP contribution is -2.17. The van der Waals surface area contributed by atoms with Crippen molar-refractivity contribution in [3.05, 3.63) is 71.0 Å². The Morgan fingerprint density at radius 3 is 2.37 bits per heavy atom. The number of halogens is 1. The van der Waals surface area contributed by atoms with Gasteiger partial charge in [-0.25, -0.2) is 9.82 Å². The number of amides is 1. The molecule has 0 fully saturated rings. The van der Waals surface area contributed by atoms with Crippen molar-refractivity contribution in [1.29, 1.82) is 0 Å². The molecule has 2 rings (SSSR count). The first-order chi connectivity index (χ1) is 9.15. The molecule has 2 aromatic carbocycles. The predicted molar refractivity (Wildman–Crippen MR) is 72.6 cm³/mol. The topological polar surface area (TPSA) is 41.5 Å². The zero-order chi connectivity index (χ0) is 13.7. The van der Waals surface area contributed by atoms with Crippen molar-refractivity contribution < 1.29 is 9.18 Å². The van der Waals surface area contributed by atoms with Gasteiger partial charge in [0.25, 0.3) is 5.91 Å². The summed E-state index contributed by atoms with van der Waals surface area (Å²) < 4.78 is 12.7. The molecule has 96 valence electrons. The van der Waals surface area contributed by atoms with Gasteiger partial charge in [0.05, 0.1) is 6.21 Å². The minimum atomic E-state index is -0.375. The second-order valence-corrected chi connectivity index (χ2v) is 4.12. The number of benzene rings is 2. The van der Waals surface area contributed by atoms with Crippen LogP contribution < -0.4 is 5.43 Å². The Labute approximate surface area is 110 Å². The fourth-order valence-electron chi connectivity index (χ4n) is 1.48. The van der Waals surface area contributed by atoms with E-state index < -0.39 is 0 Å². The van der Waals surface area contributed by atoms with Crippen LogP contribution in [0, 0.1) is 12.7 Å². The monoisotopic (exact) mass is 256 g/mol. The van der Waals surface area contributed by atoms with Gasteiger partial charge in [0.2, 0.25) is 0 Å². The van der Waals surface area contributed by atoms with Crippen LogP contribution in [0.1, 0.15) is 21.5 Å². The largest absolute Gasteiger partial charge is 0.271 e. The molecule has 3 nitrogen and oxygen atoms in total. The summed E-state index contributed by atoms with van der Waals surface area (Å²) in [4.78, 5) is 11.7. The summed E-state index contributed by atoms with van der Waals surface area (Å²) in [7, 11) is 0. The second-order valence-electron chi connectivity index (χ2n) is 4.12. The van der Waals surface area contributed by atoms with Gasteiger partial charge in [-0.05, 0) is 36.8 Å². The molecule has 0 heterocycles. The van der Waals surface area contributed by atoms with Crippen molar-refractivity contribution in [2.24, 2.45) is 5.10 Å². The lowest BCUT2D eigenvalue weighted by molar-refractivity contribution is 0.0955. The first-order valence-corrected chi connectivity index (χ1v) is 5.81. The van der Waals surface area contributed by atoms with Crippen molar-refractivity contribution in [1.82, 2.24) is 5.43 Å². The van der Waals surface area contributed by atoms with Crippen LogP contribution in [0.25, 0.3) is 0 Å². The maximum absolute atomic E-state index is 12.7. The lowest BCUT2D eigenvalue weighted by atomic mass is 10.2. The van der Waals surface area contributed by atoms with Gasteiger partial charge in [-0.1, -0.05) is 29.8 Å². The number of carbonyl (C=O) groups is 1. The summed E-state index contributed by atoms with van der Waals surface area (Å²) in [5.74, 6) is -0.747. The number of hydrazone groups is 1. The SMILES string of the molecule is Cc1ccc(C=NNC(=O)c2ccc(F)cc2)cc1. The summed E-state index contributed by atoms with van der Waals surface area (Å²) in [6.45, 7) is 2.00. The third-order valence-corrected chi connectivity index (χ3v) is 2.56. The van der Waals surface area contributed by atoms with E-state index in [2.05, 4.69) is 10.5 Å². The first-order valence-electron chi connectivity index (χ1n) is 5.81. The highest BCUT2D eigenvalue weighted by Crippen LogP contribution is 2.03. The van der Waals surface area contributed by atoms with Crippen LogP contribution in [0.4, 0.5) is 4.39 Å². The van der Waals surface area contributed by atoms with E-state index in [-0.39, 0.29) is 11.7 Å². The van der Waals surface area contributed by atoms with Crippen LogP contribution in [0.3, 0.4) is 0 Å². The van der Waals surface area contributed by atoms with E-state index in [1.54, 1.807) is 6.21 Å². The second kappa shape index (κ2) is 5.91. The van der Waals surface area contributed by atoms with Crippen LogP contribution in [-0.4, -0.2) is 12.1 Å². The van der Waals surface area contributed by atoms with Crippen LogP contribution in [-0.2, 0) is 0 Å². The lowest BCUT2D eigenvalue weighted by Gasteiger charge is -1.99. The standard InChI is InChI=1S/C15H13FN2O/c1-11-2-4-12(5-3-11)10-17-18-15(19)13-6-8-14(16)9-7-13/h2-10H,1H3,(H,18,19). The highest BCUT2D eigenvalue weighted by molar-refractivity contribution is 5.94. The molecule has 4 heteroatoms. The molecule has 0 aliphatic rings. The number of rotatable bonds is 3. The molecule has 1 amide bonds. The number of nitrogens with zero attached hydrogens (tertiary/aromatic N) is 1. The van der Waals surface area contributed by atoms with Gasteiger partial charge in [0.15, 0.2) is 0 Å². The van der Waals surface area contributed by atoms with Crippen LogP contribution in [0.2, 0.25) is 0 Å². The predicted octanol–water partition coefficient (Wildman–Crippen LogP) is 2.90. The highest BCUT2D eigenvalue weighted by atomic mass is 19.1. The molecular formula is C15H13FN2O. The number of aryl methyl sites for hydroxylation is 1. The van der Waals surface area contributed by atoms with E-state index in [0.29, 0.717) is 5.56 Å². The zero-order valence-corrected chi connectivity index (χ0v) is 10.4. The molecule has 0 aliphatic carbocycles. The van der Waals surface area contributed by atoms with E-state index >= 15 is 0 Å². The number of hydrogen-bond acceptors (Lipinski definition) is 2. The fraction of sp³-hybridized carbons (Fsp3) is 0.0667. The summed E-state index contributed by atoms with van der Waals surface area (Å²) in [6.07, 6.45) is 1.56.